The van der Waals surface area contributed by atoms with Crippen LogP contribution in [0.15, 0.2) is 36.8 Å². The molecule has 2 saturated heterocycles. The summed E-state index contributed by atoms with van der Waals surface area (Å²) >= 11 is 6.34. The Labute approximate surface area is 196 Å². The Kier molecular flexibility index (Phi) is 4.09. The molecule has 10 heteroatoms. The highest BCUT2D eigenvalue weighted by atomic mass is 35.5. The minimum absolute atomic E-state index is 0.260. The molecule has 8 nitrogen and oxygen atoms in total. The number of rotatable bonds is 4. The summed E-state index contributed by atoms with van der Waals surface area (Å²) in [5.41, 5.74) is 1.33. The fraction of sp³-hybridized carbons (Fsp3) is 0.478. The van der Waals surface area contributed by atoms with Crippen molar-refractivity contribution < 1.29 is 4.39 Å². The van der Waals surface area contributed by atoms with Crippen molar-refractivity contribution in [2.75, 3.05) is 42.5 Å². The highest BCUT2D eigenvalue weighted by Gasteiger charge is 2.53. The molecule has 0 radical (unpaired) electrons. The van der Waals surface area contributed by atoms with Crippen molar-refractivity contribution in [1.82, 2.24) is 29.6 Å². The van der Waals surface area contributed by atoms with Crippen molar-refractivity contribution in [2.45, 2.75) is 31.6 Å². The van der Waals surface area contributed by atoms with Gasteiger partial charge in [-0.25, -0.2) is 9.37 Å². The molecule has 5 heterocycles. The van der Waals surface area contributed by atoms with Crippen molar-refractivity contribution in [3.05, 3.63) is 53.2 Å². The molecule has 0 N–H and O–H groups in total. The van der Waals surface area contributed by atoms with Crippen molar-refractivity contribution >= 4 is 23.4 Å². The number of hydrogen-bond acceptors (Lipinski definition) is 7. The quantitative estimate of drug-likeness (QED) is 0.585. The number of fused-ring (bicyclic) bond motifs is 3. The maximum absolute atomic E-state index is 14.6. The number of hydrogen-bond donors (Lipinski definition) is 0. The molecule has 0 atom stereocenters. The van der Waals surface area contributed by atoms with E-state index in [0.717, 1.165) is 55.0 Å². The van der Waals surface area contributed by atoms with E-state index in [0.29, 0.717) is 37.5 Å². The molecule has 1 spiro atoms. The Balaban J connectivity index is 1.15. The van der Waals surface area contributed by atoms with Crippen LogP contribution in [0, 0.1) is 5.41 Å². The van der Waals surface area contributed by atoms with Crippen LogP contribution in [-0.2, 0) is 13.1 Å². The summed E-state index contributed by atoms with van der Waals surface area (Å²) in [5, 5.41) is 9.81. The third kappa shape index (κ3) is 3.28. The van der Waals surface area contributed by atoms with E-state index in [-0.39, 0.29) is 5.41 Å². The highest BCUT2D eigenvalue weighted by Crippen LogP contribution is 2.44. The lowest BCUT2D eigenvalue weighted by molar-refractivity contribution is 0.153. The van der Waals surface area contributed by atoms with E-state index in [2.05, 4.69) is 39.4 Å². The number of anilines is 2. The number of aromatic nitrogens is 5. The summed E-state index contributed by atoms with van der Waals surface area (Å²) in [7, 11) is 0. The zero-order chi connectivity index (χ0) is 22.2. The van der Waals surface area contributed by atoms with Gasteiger partial charge in [-0.2, -0.15) is 0 Å². The Hall–Kier alpha value is -2.78. The highest BCUT2D eigenvalue weighted by molar-refractivity contribution is 6.30. The van der Waals surface area contributed by atoms with Crippen LogP contribution in [-0.4, -0.2) is 68.0 Å². The molecular formula is C23H24ClFN8. The second-order valence-corrected chi connectivity index (χ2v) is 10.5. The van der Waals surface area contributed by atoms with E-state index in [1.165, 1.54) is 0 Å². The smallest absolute Gasteiger partial charge is 0.231 e. The summed E-state index contributed by atoms with van der Waals surface area (Å²) in [4.78, 5) is 15.3. The number of alkyl halides is 1. The third-order valence-electron chi connectivity index (χ3n) is 7.32. The predicted octanol–water partition coefficient (Wildman–Crippen LogP) is 2.86. The molecule has 2 aromatic heterocycles. The molecule has 0 bridgehead atoms. The standard InChI is InChI=1S/C23H24ClFN8/c24-17-1-2-18-16(7-17)9-30(15-23(25)3-4-23)10-20-28-29-21(33(18)20)32-13-22(14-32)11-31(12-22)19-8-26-5-6-27-19/h1-2,5-8H,3-4,9-15H2. The fourth-order valence-electron chi connectivity index (χ4n) is 5.55. The second kappa shape index (κ2) is 6.87. The van der Waals surface area contributed by atoms with E-state index in [4.69, 9.17) is 11.6 Å². The van der Waals surface area contributed by atoms with Gasteiger partial charge in [0.15, 0.2) is 5.82 Å². The molecule has 0 amide bonds. The number of halogens is 2. The minimum Gasteiger partial charge on any atom is -0.354 e. The van der Waals surface area contributed by atoms with Crippen molar-refractivity contribution in [2.24, 2.45) is 5.41 Å². The molecule has 1 aromatic carbocycles. The van der Waals surface area contributed by atoms with Gasteiger partial charge in [-0.3, -0.25) is 14.5 Å². The van der Waals surface area contributed by atoms with Gasteiger partial charge >= 0.3 is 0 Å². The molecule has 3 aliphatic heterocycles. The molecule has 3 aromatic rings. The zero-order valence-corrected chi connectivity index (χ0v) is 18.9. The van der Waals surface area contributed by atoms with Crippen molar-refractivity contribution in [3.8, 4) is 5.69 Å². The summed E-state index contributed by atoms with van der Waals surface area (Å²) < 4.78 is 16.7. The summed E-state index contributed by atoms with van der Waals surface area (Å²) in [6.07, 6.45) is 6.54. The van der Waals surface area contributed by atoms with Crippen LogP contribution in [0.25, 0.3) is 5.69 Å². The van der Waals surface area contributed by atoms with E-state index < -0.39 is 5.67 Å². The van der Waals surface area contributed by atoms with E-state index in [9.17, 15) is 4.39 Å². The minimum atomic E-state index is -1.06. The van der Waals surface area contributed by atoms with Crippen LogP contribution in [0.1, 0.15) is 24.2 Å². The lowest BCUT2D eigenvalue weighted by Gasteiger charge is -2.60. The molecule has 33 heavy (non-hydrogen) atoms. The number of benzene rings is 1. The van der Waals surface area contributed by atoms with Gasteiger partial charge in [0.1, 0.15) is 11.5 Å². The monoisotopic (exact) mass is 466 g/mol. The van der Waals surface area contributed by atoms with Gasteiger partial charge in [0.05, 0.1) is 18.4 Å². The lowest BCUT2D eigenvalue weighted by atomic mass is 9.73. The summed E-state index contributed by atoms with van der Waals surface area (Å²) in [5.74, 6) is 2.65. The van der Waals surface area contributed by atoms with Gasteiger partial charge in [-0.15, -0.1) is 10.2 Å². The first-order chi connectivity index (χ1) is 16.0. The molecule has 1 saturated carbocycles. The zero-order valence-electron chi connectivity index (χ0n) is 18.2. The Morgan fingerprint density at radius 1 is 1.00 bits per heavy atom. The predicted molar refractivity (Wildman–Crippen MR) is 122 cm³/mol. The van der Waals surface area contributed by atoms with Crippen molar-refractivity contribution in [1.29, 1.82) is 0 Å². The van der Waals surface area contributed by atoms with E-state index in [1.54, 1.807) is 12.4 Å². The lowest BCUT2D eigenvalue weighted by Crippen LogP contribution is -2.73. The molecule has 1 aliphatic carbocycles. The van der Waals surface area contributed by atoms with Gasteiger partial charge < -0.3 is 9.80 Å². The van der Waals surface area contributed by atoms with Gasteiger partial charge in [-0.05, 0) is 36.6 Å². The largest absolute Gasteiger partial charge is 0.354 e. The van der Waals surface area contributed by atoms with Gasteiger partial charge in [0.2, 0.25) is 5.95 Å². The Morgan fingerprint density at radius 3 is 2.58 bits per heavy atom. The molecular weight excluding hydrogens is 443 g/mol. The third-order valence-corrected chi connectivity index (χ3v) is 7.55. The first-order valence-corrected chi connectivity index (χ1v) is 11.8. The van der Waals surface area contributed by atoms with Crippen LogP contribution >= 0.6 is 11.6 Å². The van der Waals surface area contributed by atoms with Crippen LogP contribution in [0.2, 0.25) is 5.02 Å². The molecule has 3 fully saturated rings. The van der Waals surface area contributed by atoms with Crippen LogP contribution in [0.5, 0.6) is 0 Å². The molecule has 0 unspecified atom stereocenters. The second-order valence-electron chi connectivity index (χ2n) is 10.1. The van der Waals surface area contributed by atoms with Crippen molar-refractivity contribution in [3.63, 3.8) is 0 Å². The molecule has 170 valence electrons. The maximum Gasteiger partial charge on any atom is 0.231 e. The van der Waals surface area contributed by atoms with Gasteiger partial charge in [-0.1, -0.05) is 11.6 Å². The Bertz CT molecular complexity index is 1210. The normalized spacial score (nSPS) is 22.2. The van der Waals surface area contributed by atoms with Crippen LogP contribution in [0.4, 0.5) is 16.2 Å². The maximum atomic E-state index is 14.6. The summed E-state index contributed by atoms with van der Waals surface area (Å²) in [6.45, 7) is 5.46. The fourth-order valence-corrected chi connectivity index (χ4v) is 5.74. The molecule has 4 aliphatic rings. The first-order valence-electron chi connectivity index (χ1n) is 11.4. The van der Waals surface area contributed by atoms with Crippen LogP contribution in [0.3, 0.4) is 0 Å². The first kappa shape index (κ1) is 19.7. The van der Waals surface area contributed by atoms with Crippen LogP contribution < -0.4 is 9.80 Å². The number of nitrogens with zero attached hydrogens (tertiary/aromatic N) is 8. The van der Waals surface area contributed by atoms with E-state index in [1.807, 2.05) is 24.4 Å². The average Bonchev–Trinajstić information content (AvgIpc) is 3.37. The SMILES string of the molecule is FC1(CN2Cc3cc(Cl)ccc3-n3c(nnc3N3CC4(CN(c5cnccn5)C4)C3)C2)CC1. The topological polar surface area (TPSA) is 66.2 Å². The van der Waals surface area contributed by atoms with Gasteiger partial charge in [0.25, 0.3) is 0 Å². The van der Waals surface area contributed by atoms with Gasteiger partial charge in [0, 0.05) is 62.1 Å². The molecule has 7 rings (SSSR count). The van der Waals surface area contributed by atoms with E-state index >= 15 is 0 Å². The summed E-state index contributed by atoms with van der Waals surface area (Å²) in [6, 6.07) is 5.93. The average molecular weight is 467 g/mol. The Morgan fingerprint density at radius 2 is 1.82 bits per heavy atom.